The minimum Gasteiger partial charge on any atom is -0.347 e. The number of unbranched alkanes of at least 4 members (excludes halogenated alkanes) is 1. The van der Waals surface area contributed by atoms with Crippen LogP contribution >= 0.6 is 39.9 Å². The second-order valence-electron chi connectivity index (χ2n) is 5.26. The molecule has 0 aromatic heterocycles. The number of carbonyl (C=O) groups is 1. The number of aliphatic imine (C=N–C) groups is 1. The molecule has 24 heavy (non-hydrogen) atoms. The topological polar surface area (TPSA) is 56.7 Å². The maximum absolute atomic E-state index is 12.1. The van der Waals surface area contributed by atoms with Gasteiger partial charge in [-0.05, 0) is 37.5 Å². The van der Waals surface area contributed by atoms with Gasteiger partial charge >= 0.3 is 0 Å². The van der Waals surface area contributed by atoms with Crippen LogP contribution < -0.4 is 10.6 Å². The summed E-state index contributed by atoms with van der Waals surface area (Å²) in [7, 11) is 3.66. The molecule has 0 aliphatic heterocycles. The standard InChI is InChI=1S/C17H25BrN4O.HI/c1-5-6-7-10-22(4)17(19-3)20-12-16(23)21-15-11-14(18)9-8-13(15)2;/h5,8-9,11H,1,6-7,10,12H2,2-4H3,(H,19,20)(H,21,23);1H. The summed E-state index contributed by atoms with van der Waals surface area (Å²) in [6.45, 7) is 6.70. The van der Waals surface area contributed by atoms with E-state index in [0.717, 1.165) is 35.1 Å². The molecule has 0 saturated heterocycles. The summed E-state index contributed by atoms with van der Waals surface area (Å²) in [5.74, 6) is 0.599. The number of amides is 1. The van der Waals surface area contributed by atoms with E-state index in [0.29, 0.717) is 5.96 Å². The van der Waals surface area contributed by atoms with Crippen molar-refractivity contribution in [3.05, 3.63) is 40.9 Å². The van der Waals surface area contributed by atoms with Gasteiger partial charge in [0, 0.05) is 30.8 Å². The van der Waals surface area contributed by atoms with Gasteiger partial charge in [0.2, 0.25) is 5.91 Å². The van der Waals surface area contributed by atoms with Gasteiger partial charge < -0.3 is 15.5 Å². The highest BCUT2D eigenvalue weighted by molar-refractivity contribution is 14.0. The monoisotopic (exact) mass is 508 g/mol. The zero-order valence-electron chi connectivity index (χ0n) is 14.4. The zero-order chi connectivity index (χ0) is 17.2. The van der Waals surface area contributed by atoms with Crippen LogP contribution in [0.3, 0.4) is 0 Å². The first-order chi connectivity index (χ1) is 11.0. The van der Waals surface area contributed by atoms with Crippen molar-refractivity contribution in [2.45, 2.75) is 19.8 Å². The lowest BCUT2D eigenvalue weighted by Crippen LogP contribution is -2.42. The van der Waals surface area contributed by atoms with Crippen LogP contribution in [0.5, 0.6) is 0 Å². The molecule has 0 saturated carbocycles. The number of benzene rings is 1. The second kappa shape index (κ2) is 12.3. The SMILES string of the molecule is C=CCCCN(C)C(=NC)NCC(=O)Nc1cc(Br)ccc1C.I. The molecular formula is C17H26BrIN4O. The molecular weight excluding hydrogens is 483 g/mol. The Morgan fingerprint density at radius 3 is 2.79 bits per heavy atom. The van der Waals surface area contributed by atoms with E-state index in [1.807, 2.05) is 43.1 Å². The summed E-state index contributed by atoms with van der Waals surface area (Å²) in [6, 6.07) is 5.80. The molecule has 7 heteroatoms. The normalized spacial score (nSPS) is 10.6. The van der Waals surface area contributed by atoms with Gasteiger partial charge in [-0.25, -0.2) is 0 Å². The molecule has 0 aliphatic rings. The number of allylic oxidation sites excluding steroid dienone is 1. The first-order valence-corrected chi connectivity index (χ1v) is 8.36. The van der Waals surface area contributed by atoms with Gasteiger partial charge in [-0.15, -0.1) is 30.6 Å². The summed E-state index contributed by atoms with van der Waals surface area (Å²) in [5.41, 5.74) is 1.83. The molecule has 1 aromatic rings. The van der Waals surface area contributed by atoms with Crippen molar-refractivity contribution in [1.29, 1.82) is 0 Å². The maximum Gasteiger partial charge on any atom is 0.243 e. The molecule has 0 radical (unpaired) electrons. The highest BCUT2D eigenvalue weighted by atomic mass is 127. The van der Waals surface area contributed by atoms with Gasteiger partial charge in [0.15, 0.2) is 5.96 Å². The Morgan fingerprint density at radius 1 is 1.46 bits per heavy atom. The number of aryl methyl sites for hydroxylation is 1. The minimum atomic E-state index is -0.105. The Bertz CT molecular complexity index is 578. The maximum atomic E-state index is 12.1. The molecule has 134 valence electrons. The van der Waals surface area contributed by atoms with Gasteiger partial charge in [-0.1, -0.05) is 28.1 Å². The summed E-state index contributed by atoms with van der Waals surface area (Å²) >= 11 is 3.41. The molecule has 1 rings (SSSR count). The minimum absolute atomic E-state index is 0. The van der Waals surface area contributed by atoms with E-state index in [2.05, 4.69) is 38.1 Å². The number of nitrogens with zero attached hydrogens (tertiary/aromatic N) is 2. The fourth-order valence-corrected chi connectivity index (χ4v) is 2.41. The summed E-state index contributed by atoms with van der Waals surface area (Å²) in [5, 5.41) is 5.98. The van der Waals surface area contributed by atoms with E-state index in [1.165, 1.54) is 0 Å². The second-order valence-corrected chi connectivity index (χ2v) is 6.18. The van der Waals surface area contributed by atoms with Crippen LogP contribution in [0.2, 0.25) is 0 Å². The number of guanidine groups is 1. The van der Waals surface area contributed by atoms with Crippen LogP contribution in [0.1, 0.15) is 18.4 Å². The Balaban J connectivity index is 0.00000529. The van der Waals surface area contributed by atoms with E-state index >= 15 is 0 Å². The van der Waals surface area contributed by atoms with E-state index in [9.17, 15) is 4.79 Å². The lowest BCUT2D eigenvalue weighted by atomic mass is 10.2. The van der Waals surface area contributed by atoms with Gasteiger partial charge in [0.25, 0.3) is 0 Å². The lowest BCUT2D eigenvalue weighted by Gasteiger charge is -2.21. The van der Waals surface area contributed by atoms with E-state index in [4.69, 9.17) is 0 Å². The quantitative estimate of drug-likeness (QED) is 0.194. The van der Waals surface area contributed by atoms with Crippen LogP contribution in [-0.4, -0.2) is 44.0 Å². The Labute approximate surface area is 170 Å². The largest absolute Gasteiger partial charge is 0.347 e. The van der Waals surface area contributed by atoms with Crippen molar-refractivity contribution >= 4 is 57.5 Å². The molecule has 1 amide bonds. The average Bonchev–Trinajstić information content (AvgIpc) is 2.52. The van der Waals surface area contributed by atoms with Crippen LogP contribution in [0.15, 0.2) is 40.3 Å². The first kappa shape index (κ1) is 22.9. The smallest absolute Gasteiger partial charge is 0.243 e. The number of halogens is 2. The van der Waals surface area contributed by atoms with E-state index in [-0.39, 0.29) is 36.4 Å². The molecule has 0 unspecified atom stereocenters. The molecule has 0 aliphatic carbocycles. The third-order valence-corrected chi connectivity index (χ3v) is 3.85. The highest BCUT2D eigenvalue weighted by Crippen LogP contribution is 2.20. The third kappa shape index (κ3) is 8.14. The van der Waals surface area contributed by atoms with Crippen molar-refractivity contribution in [2.24, 2.45) is 4.99 Å². The average molecular weight is 509 g/mol. The zero-order valence-corrected chi connectivity index (χ0v) is 18.4. The van der Waals surface area contributed by atoms with Gasteiger partial charge in [-0.2, -0.15) is 0 Å². The lowest BCUT2D eigenvalue weighted by molar-refractivity contribution is -0.115. The van der Waals surface area contributed by atoms with Crippen molar-refractivity contribution in [3.8, 4) is 0 Å². The fourth-order valence-electron chi connectivity index (χ4n) is 2.05. The van der Waals surface area contributed by atoms with E-state index in [1.54, 1.807) is 7.05 Å². The van der Waals surface area contributed by atoms with Gasteiger partial charge in [0.1, 0.15) is 0 Å². The summed E-state index contributed by atoms with van der Waals surface area (Å²) in [4.78, 5) is 18.3. The predicted molar refractivity (Wildman–Crippen MR) is 116 cm³/mol. The van der Waals surface area contributed by atoms with Crippen molar-refractivity contribution < 1.29 is 4.79 Å². The van der Waals surface area contributed by atoms with Crippen molar-refractivity contribution in [3.63, 3.8) is 0 Å². The summed E-state index contributed by atoms with van der Waals surface area (Å²) in [6.07, 6.45) is 3.87. The van der Waals surface area contributed by atoms with E-state index < -0.39 is 0 Å². The first-order valence-electron chi connectivity index (χ1n) is 7.56. The number of carbonyl (C=O) groups excluding carboxylic acids is 1. The number of nitrogens with one attached hydrogen (secondary N) is 2. The fraction of sp³-hybridized carbons (Fsp3) is 0.412. The Hall–Kier alpha value is -1.09. The van der Waals surface area contributed by atoms with Crippen molar-refractivity contribution in [1.82, 2.24) is 10.2 Å². The molecule has 0 bridgehead atoms. The molecule has 0 heterocycles. The summed E-state index contributed by atoms with van der Waals surface area (Å²) < 4.78 is 0.934. The molecule has 0 fully saturated rings. The molecule has 0 spiro atoms. The predicted octanol–water partition coefficient (Wildman–Crippen LogP) is 3.79. The van der Waals surface area contributed by atoms with Gasteiger partial charge in [0.05, 0.1) is 6.54 Å². The Morgan fingerprint density at radius 2 is 2.17 bits per heavy atom. The van der Waals surface area contributed by atoms with Crippen LogP contribution in [0, 0.1) is 6.92 Å². The van der Waals surface area contributed by atoms with Gasteiger partial charge in [-0.3, -0.25) is 9.79 Å². The van der Waals surface area contributed by atoms with Crippen LogP contribution in [0.25, 0.3) is 0 Å². The number of anilines is 1. The number of hydrogen-bond acceptors (Lipinski definition) is 2. The van der Waals surface area contributed by atoms with Crippen LogP contribution in [0.4, 0.5) is 5.69 Å². The number of rotatable bonds is 7. The van der Waals surface area contributed by atoms with Crippen LogP contribution in [-0.2, 0) is 4.79 Å². The third-order valence-electron chi connectivity index (χ3n) is 3.36. The van der Waals surface area contributed by atoms with Crippen molar-refractivity contribution in [2.75, 3.05) is 32.5 Å². The molecule has 1 aromatic carbocycles. The molecule has 0 atom stereocenters. The number of hydrogen-bond donors (Lipinski definition) is 2. The highest BCUT2D eigenvalue weighted by Gasteiger charge is 2.09. The Kier molecular flexibility index (Phi) is 11.7. The molecule has 5 nitrogen and oxygen atoms in total. The molecule has 2 N–H and O–H groups in total.